The van der Waals surface area contributed by atoms with Crippen molar-refractivity contribution in [2.24, 2.45) is 5.92 Å². The van der Waals surface area contributed by atoms with E-state index in [1.165, 1.54) is 24.1 Å². The first kappa shape index (κ1) is 21.3. The lowest BCUT2D eigenvalue weighted by Crippen LogP contribution is -2.44. The lowest BCUT2D eigenvalue weighted by atomic mass is 9.94. The van der Waals surface area contributed by atoms with Crippen LogP contribution in [0.1, 0.15) is 24.5 Å². The number of rotatable bonds is 8. The highest BCUT2D eigenvalue weighted by Crippen LogP contribution is 2.30. The van der Waals surface area contributed by atoms with Crippen molar-refractivity contribution in [2.45, 2.75) is 32.2 Å². The molecule has 1 aliphatic heterocycles. The van der Waals surface area contributed by atoms with Crippen LogP contribution in [0, 0.1) is 16.0 Å². The molecule has 2 atom stereocenters. The molecule has 3 rings (SSSR count). The fraction of sp³-hybridized carbons (Fsp3) is 0.364. The van der Waals surface area contributed by atoms with Crippen LogP contribution >= 0.6 is 0 Å². The number of amides is 2. The van der Waals surface area contributed by atoms with Crippen molar-refractivity contribution >= 4 is 17.7 Å². The van der Waals surface area contributed by atoms with Crippen LogP contribution in [0.2, 0.25) is 0 Å². The van der Waals surface area contributed by atoms with Gasteiger partial charge in [-0.05, 0) is 36.5 Å². The van der Waals surface area contributed by atoms with Gasteiger partial charge in [0.2, 0.25) is 5.91 Å². The van der Waals surface area contributed by atoms with Gasteiger partial charge in [-0.15, -0.1) is 0 Å². The maximum absolute atomic E-state index is 13.2. The van der Waals surface area contributed by atoms with Crippen LogP contribution in [-0.4, -0.2) is 41.6 Å². The van der Waals surface area contributed by atoms with Crippen molar-refractivity contribution in [3.05, 3.63) is 69.8 Å². The van der Waals surface area contributed by atoms with Crippen LogP contribution in [0.3, 0.4) is 0 Å². The monoisotopic (exact) mass is 412 g/mol. The van der Waals surface area contributed by atoms with E-state index in [2.05, 4.69) is 0 Å². The predicted octanol–water partition coefficient (Wildman–Crippen LogP) is 3.76. The van der Waals surface area contributed by atoms with Crippen molar-refractivity contribution in [1.29, 1.82) is 0 Å². The lowest BCUT2D eigenvalue weighted by molar-refractivity contribution is -0.385. The first-order chi connectivity index (χ1) is 14.4. The average Bonchev–Trinajstić information content (AvgIpc) is 3.11. The van der Waals surface area contributed by atoms with Gasteiger partial charge in [-0.3, -0.25) is 14.9 Å². The molecule has 2 aromatic rings. The Kier molecular flexibility index (Phi) is 6.66. The maximum atomic E-state index is 13.2. The molecular formula is C22H24N2O6. The van der Waals surface area contributed by atoms with Gasteiger partial charge in [0.25, 0.3) is 0 Å². The first-order valence-electron chi connectivity index (χ1n) is 9.79. The van der Waals surface area contributed by atoms with Crippen LogP contribution in [0.5, 0.6) is 5.75 Å². The maximum Gasteiger partial charge on any atom is 0.416 e. The van der Waals surface area contributed by atoms with Crippen LogP contribution in [-0.2, 0) is 22.4 Å². The summed E-state index contributed by atoms with van der Waals surface area (Å²) in [5.74, 6) is -0.657. The predicted molar refractivity (Wildman–Crippen MR) is 109 cm³/mol. The zero-order valence-electron chi connectivity index (χ0n) is 16.9. The number of nitro benzene ring substituents is 1. The van der Waals surface area contributed by atoms with Gasteiger partial charge in [-0.1, -0.05) is 43.3 Å². The van der Waals surface area contributed by atoms with Crippen molar-refractivity contribution in [3.63, 3.8) is 0 Å². The highest BCUT2D eigenvalue weighted by molar-refractivity contribution is 5.95. The SMILES string of the molecule is CC[C@@H](Cc1ccc(OC)c([N+](=O)[O-])c1)C(=O)N1C(=O)OCC1Cc1ccccc1. The zero-order chi connectivity index (χ0) is 21.7. The van der Waals surface area contributed by atoms with E-state index in [0.29, 0.717) is 18.4 Å². The molecule has 0 spiro atoms. The molecule has 0 saturated carbocycles. The second-order valence-electron chi connectivity index (χ2n) is 7.20. The number of cyclic esters (lactones) is 1. The number of nitrogens with zero attached hydrogens (tertiary/aromatic N) is 2. The van der Waals surface area contributed by atoms with Gasteiger partial charge in [0.15, 0.2) is 5.75 Å². The van der Waals surface area contributed by atoms with Gasteiger partial charge < -0.3 is 9.47 Å². The summed E-state index contributed by atoms with van der Waals surface area (Å²) in [6, 6.07) is 13.9. The quantitative estimate of drug-likeness (QED) is 0.483. The molecule has 0 aliphatic carbocycles. The number of ether oxygens (including phenoxy) is 2. The minimum absolute atomic E-state index is 0.153. The highest BCUT2D eigenvalue weighted by atomic mass is 16.6. The normalized spacial score (nSPS) is 16.8. The molecule has 0 aromatic heterocycles. The van der Waals surface area contributed by atoms with Crippen LogP contribution in [0.25, 0.3) is 0 Å². The molecule has 8 nitrogen and oxygen atoms in total. The van der Waals surface area contributed by atoms with E-state index in [1.807, 2.05) is 37.3 Å². The molecule has 1 heterocycles. The summed E-state index contributed by atoms with van der Waals surface area (Å²) in [7, 11) is 1.37. The number of hydrogen-bond acceptors (Lipinski definition) is 6. The smallest absolute Gasteiger partial charge is 0.416 e. The third-order valence-corrected chi connectivity index (χ3v) is 5.28. The lowest BCUT2D eigenvalue weighted by Gasteiger charge is -2.24. The second-order valence-corrected chi connectivity index (χ2v) is 7.20. The minimum Gasteiger partial charge on any atom is -0.490 e. The zero-order valence-corrected chi connectivity index (χ0v) is 16.9. The van der Waals surface area contributed by atoms with E-state index in [-0.39, 0.29) is 36.4 Å². The number of benzene rings is 2. The number of nitro groups is 1. The molecule has 0 radical (unpaired) electrons. The summed E-state index contributed by atoms with van der Waals surface area (Å²) in [5.41, 5.74) is 1.49. The Morgan fingerprint density at radius 3 is 2.63 bits per heavy atom. The number of hydrogen-bond donors (Lipinski definition) is 0. The molecule has 2 amide bonds. The van der Waals surface area contributed by atoms with Crippen LogP contribution in [0.15, 0.2) is 48.5 Å². The van der Waals surface area contributed by atoms with E-state index in [4.69, 9.17) is 9.47 Å². The summed E-state index contributed by atoms with van der Waals surface area (Å²) in [6.07, 6.45) is 0.644. The first-order valence-corrected chi connectivity index (χ1v) is 9.79. The van der Waals surface area contributed by atoms with E-state index in [9.17, 15) is 19.7 Å². The van der Waals surface area contributed by atoms with Crippen molar-refractivity contribution < 1.29 is 24.0 Å². The Hall–Kier alpha value is -3.42. The van der Waals surface area contributed by atoms with Gasteiger partial charge in [0, 0.05) is 12.0 Å². The summed E-state index contributed by atoms with van der Waals surface area (Å²) in [4.78, 5) is 37.5. The van der Waals surface area contributed by atoms with E-state index >= 15 is 0 Å². The molecule has 2 aromatic carbocycles. The Morgan fingerprint density at radius 1 is 1.27 bits per heavy atom. The molecule has 1 saturated heterocycles. The van der Waals surface area contributed by atoms with Gasteiger partial charge in [-0.2, -0.15) is 0 Å². The average molecular weight is 412 g/mol. The van der Waals surface area contributed by atoms with E-state index < -0.39 is 16.9 Å². The second kappa shape index (κ2) is 9.39. The largest absolute Gasteiger partial charge is 0.490 e. The van der Waals surface area contributed by atoms with Gasteiger partial charge in [0.05, 0.1) is 18.1 Å². The summed E-state index contributed by atoms with van der Waals surface area (Å²) in [5, 5.41) is 11.3. The van der Waals surface area contributed by atoms with Gasteiger partial charge in [0.1, 0.15) is 6.61 Å². The van der Waals surface area contributed by atoms with Crippen LogP contribution in [0.4, 0.5) is 10.5 Å². The summed E-state index contributed by atoms with van der Waals surface area (Å²) >= 11 is 0. The summed E-state index contributed by atoms with van der Waals surface area (Å²) < 4.78 is 10.2. The number of imide groups is 1. The fourth-order valence-electron chi connectivity index (χ4n) is 3.66. The van der Waals surface area contributed by atoms with Crippen LogP contribution < -0.4 is 4.74 Å². The molecule has 1 fully saturated rings. The van der Waals surface area contributed by atoms with Crippen molar-refractivity contribution in [3.8, 4) is 5.75 Å². The third kappa shape index (κ3) is 4.59. The summed E-state index contributed by atoms with van der Waals surface area (Å²) in [6.45, 7) is 2.01. The Labute approximate surface area is 174 Å². The third-order valence-electron chi connectivity index (χ3n) is 5.28. The molecular weight excluding hydrogens is 388 g/mol. The Morgan fingerprint density at radius 2 is 2.00 bits per heavy atom. The molecule has 1 unspecified atom stereocenters. The van der Waals surface area contributed by atoms with E-state index in [0.717, 1.165) is 5.56 Å². The Balaban J connectivity index is 1.78. The topological polar surface area (TPSA) is 99.0 Å². The highest BCUT2D eigenvalue weighted by Gasteiger charge is 2.40. The molecule has 8 heteroatoms. The fourth-order valence-corrected chi connectivity index (χ4v) is 3.66. The number of carbonyl (C=O) groups excluding carboxylic acids is 2. The standard InChI is InChI=1S/C22H24N2O6/c1-3-17(11-16-9-10-20(29-2)19(13-16)24(27)28)21(25)23-18(14-30-22(23)26)12-15-7-5-4-6-8-15/h4-10,13,17-18H,3,11-12,14H2,1-2H3/t17-,18?/m0/s1. The van der Waals surface area contributed by atoms with E-state index in [1.54, 1.807) is 6.07 Å². The van der Waals surface area contributed by atoms with Gasteiger partial charge in [-0.25, -0.2) is 9.69 Å². The minimum atomic E-state index is -0.639. The molecule has 0 bridgehead atoms. The van der Waals surface area contributed by atoms with Crippen molar-refractivity contribution in [1.82, 2.24) is 4.90 Å². The van der Waals surface area contributed by atoms with Gasteiger partial charge >= 0.3 is 11.8 Å². The number of methoxy groups -OCH3 is 1. The molecule has 158 valence electrons. The number of carbonyl (C=O) groups is 2. The van der Waals surface area contributed by atoms with Crippen molar-refractivity contribution in [2.75, 3.05) is 13.7 Å². The molecule has 1 aliphatic rings. The Bertz CT molecular complexity index is 930. The molecule has 0 N–H and O–H groups in total. The molecule has 30 heavy (non-hydrogen) atoms.